The zero-order chi connectivity index (χ0) is 20.9. The molecule has 154 valence electrons. The molecule has 0 aromatic carbocycles. The number of amides is 2. The number of carbonyl (C=O) groups is 2. The fourth-order valence-corrected chi connectivity index (χ4v) is 3.15. The molecule has 9 heteroatoms. The van der Waals surface area contributed by atoms with E-state index in [4.69, 9.17) is 22.1 Å². The van der Waals surface area contributed by atoms with Crippen LogP contribution in [0.2, 0.25) is 5.02 Å². The number of nitrogens with one attached hydrogen (secondary N) is 2. The largest absolute Gasteiger partial charge is 0.481 e. The molecule has 4 N–H and O–H groups in total. The van der Waals surface area contributed by atoms with Gasteiger partial charge in [-0.25, -0.2) is 9.97 Å². The first-order valence-electron chi connectivity index (χ1n) is 9.36. The second-order valence-corrected chi connectivity index (χ2v) is 7.67. The molecule has 8 nitrogen and oxygen atoms in total. The second kappa shape index (κ2) is 9.09. The Bertz CT molecular complexity index is 884. The van der Waals surface area contributed by atoms with Crippen LogP contribution in [-0.4, -0.2) is 42.0 Å². The third kappa shape index (κ3) is 5.80. The number of nitrogens with two attached hydrogens (primary N) is 1. The van der Waals surface area contributed by atoms with E-state index in [0.717, 1.165) is 24.8 Å². The van der Waals surface area contributed by atoms with Gasteiger partial charge in [-0.05, 0) is 36.3 Å². The molecule has 2 aromatic heterocycles. The summed E-state index contributed by atoms with van der Waals surface area (Å²) in [5.74, 6) is 0.424. The molecule has 0 unspecified atom stereocenters. The number of hydrogen-bond acceptors (Lipinski definition) is 6. The highest BCUT2D eigenvalue weighted by atomic mass is 35.5. The summed E-state index contributed by atoms with van der Waals surface area (Å²) in [7, 11) is 1.55. The fraction of sp³-hybridized carbons (Fsp3) is 0.400. The molecule has 2 amide bonds. The number of methoxy groups -OCH3 is 1. The molecule has 0 atom stereocenters. The number of nitrogen functional groups attached to an aromatic ring is 1. The van der Waals surface area contributed by atoms with Gasteiger partial charge in [0.15, 0.2) is 0 Å². The molecule has 0 radical (unpaired) electrons. The summed E-state index contributed by atoms with van der Waals surface area (Å²) in [5.41, 5.74) is 6.80. The predicted molar refractivity (Wildman–Crippen MR) is 110 cm³/mol. The number of hydrogen-bond donors (Lipinski definition) is 3. The van der Waals surface area contributed by atoms with Crippen molar-refractivity contribution in [1.82, 2.24) is 20.6 Å². The Hall–Kier alpha value is -2.87. The Labute approximate surface area is 174 Å². The summed E-state index contributed by atoms with van der Waals surface area (Å²) in [6.07, 6.45) is 6.16. The van der Waals surface area contributed by atoms with Crippen molar-refractivity contribution in [1.29, 1.82) is 0 Å². The van der Waals surface area contributed by atoms with Gasteiger partial charge in [0.25, 0.3) is 5.91 Å². The topological polar surface area (TPSA) is 119 Å². The van der Waals surface area contributed by atoms with Crippen molar-refractivity contribution in [3.63, 3.8) is 0 Å². The molecule has 2 aromatic rings. The third-order valence-electron chi connectivity index (χ3n) is 5.06. The highest BCUT2D eigenvalue weighted by molar-refractivity contribution is 6.33. The van der Waals surface area contributed by atoms with Crippen molar-refractivity contribution < 1.29 is 14.3 Å². The minimum atomic E-state index is -0.235. The number of nitrogens with zero attached hydrogens (tertiary/aromatic N) is 2. The maximum absolute atomic E-state index is 12.3. The first-order valence-corrected chi connectivity index (χ1v) is 9.73. The van der Waals surface area contributed by atoms with Crippen LogP contribution in [0.5, 0.6) is 5.88 Å². The van der Waals surface area contributed by atoms with E-state index in [1.807, 2.05) is 6.07 Å². The molecule has 1 saturated carbocycles. The van der Waals surface area contributed by atoms with E-state index in [1.165, 1.54) is 12.3 Å². The summed E-state index contributed by atoms with van der Waals surface area (Å²) in [6.45, 7) is 1.11. The van der Waals surface area contributed by atoms with Crippen LogP contribution in [0.25, 0.3) is 0 Å². The number of pyridine rings is 2. The lowest BCUT2D eigenvalue weighted by Gasteiger charge is -2.16. The number of anilines is 1. The minimum Gasteiger partial charge on any atom is -0.481 e. The molecular formula is C20H24ClN5O3. The highest BCUT2D eigenvalue weighted by Gasteiger charge is 2.42. The normalized spacial score (nSPS) is 14.1. The van der Waals surface area contributed by atoms with Crippen LogP contribution in [0.3, 0.4) is 0 Å². The first kappa shape index (κ1) is 20.9. The lowest BCUT2D eigenvalue weighted by Crippen LogP contribution is -2.33. The maximum atomic E-state index is 12.3. The van der Waals surface area contributed by atoms with Crippen molar-refractivity contribution in [3.05, 3.63) is 46.7 Å². The van der Waals surface area contributed by atoms with Gasteiger partial charge in [0, 0.05) is 31.5 Å². The van der Waals surface area contributed by atoms with Crippen molar-refractivity contribution >= 4 is 29.2 Å². The van der Waals surface area contributed by atoms with E-state index in [-0.39, 0.29) is 34.5 Å². The van der Waals surface area contributed by atoms with Gasteiger partial charge in [0.2, 0.25) is 11.8 Å². The van der Waals surface area contributed by atoms with Gasteiger partial charge < -0.3 is 21.1 Å². The summed E-state index contributed by atoms with van der Waals surface area (Å²) < 4.78 is 5.01. The van der Waals surface area contributed by atoms with Gasteiger partial charge in [-0.2, -0.15) is 0 Å². The summed E-state index contributed by atoms with van der Waals surface area (Å²) in [6, 6.07) is 5.06. The smallest absolute Gasteiger partial charge is 0.252 e. The minimum absolute atomic E-state index is 0.0373. The third-order valence-corrected chi connectivity index (χ3v) is 5.36. The molecular weight excluding hydrogens is 394 g/mol. The molecule has 0 saturated heterocycles. The monoisotopic (exact) mass is 417 g/mol. The van der Waals surface area contributed by atoms with Crippen LogP contribution >= 0.6 is 11.6 Å². The SMILES string of the molecule is COc1ccc(CC(=O)NCCC2(CNC(=O)c3cnc(N)c(Cl)c3)CC2)cn1. The zero-order valence-electron chi connectivity index (χ0n) is 16.2. The Morgan fingerprint density at radius 3 is 2.66 bits per heavy atom. The summed E-state index contributed by atoms with van der Waals surface area (Å²) >= 11 is 5.91. The maximum Gasteiger partial charge on any atom is 0.252 e. The lowest BCUT2D eigenvalue weighted by atomic mass is 10.0. The molecule has 1 fully saturated rings. The highest BCUT2D eigenvalue weighted by Crippen LogP contribution is 2.47. The van der Waals surface area contributed by atoms with Crippen molar-refractivity contribution in [2.75, 3.05) is 25.9 Å². The van der Waals surface area contributed by atoms with Crippen LogP contribution in [0, 0.1) is 5.41 Å². The zero-order valence-corrected chi connectivity index (χ0v) is 17.0. The fourth-order valence-electron chi connectivity index (χ4n) is 2.99. The molecule has 1 aliphatic rings. The van der Waals surface area contributed by atoms with Gasteiger partial charge in [0.1, 0.15) is 5.82 Å². The Morgan fingerprint density at radius 1 is 1.24 bits per heavy atom. The average Bonchev–Trinajstić information content (AvgIpc) is 3.49. The van der Waals surface area contributed by atoms with Crippen molar-refractivity contribution in [2.24, 2.45) is 5.41 Å². The van der Waals surface area contributed by atoms with Crippen LogP contribution < -0.4 is 21.1 Å². The molecule has 2 heterocycles. The number of carbonyl (C=O) groups excluding carboxylic acids is 2. The van der Waals surface area contributed by atoms with Gasteiger partial charge in [-0.3, -0.25) is 9.59 Å². The molecule has 0 aliphatic heterocycles. The van der Waals surface area contributed by atoms with Crippen LogP contribution in [0.4, 0.5) is 5.82 Å². The van der Waals surface area contributed by atoms with E-state index < -0.39 is 0 Å². The lowest BCUT2D eigenvalue weighted by molar-refractivity contribution is -0.120. The Balaban J connectivity index is 1.40. The standard InChI is InChI=1S/C20H24ClN5O3/c1-29-17-3-2-13(10-24-17)8-16(27)23-7-6-20(4-5-20)12-26-19(28)14-9-15(21)18(22)25-11-14/h2-3,9-11H,4-8,12H2,1H3,(H2,22,25)(H,23,27)(H,26,28). The molecule has 1 aliphatic carbocycles. The van der Waals surface area contributed by atoms with E-state index >= 15 is 0 Å². The Kier molecular flexibility index (Phi) is 6.53. The Morgan fingerprint density at radius 2 is 2.03 bits per heavy atom. The molecule has 3 rings (SSSR count). The predicted octanol–water partition coefficient (Wildman–Crippen LogP) is 1.98. The average molecular weight is 418 g/mol. The van der Waals surface area contributed by atoms with Gasteiger partial charge >= 0.3 is 0 Å². The summed E-state index contributed by atoms with van der Waals surface area (Å²) in [5, 5.41) is 6.12. The van der Waals surface area contributed by atoms with Crippen molar-refractivity contribution in [3.8, 4) is 5.88 Å². The van der Waals surface area contributed by atoms with E-state index in [0.29, 0.717) is 24.5 Å². The van der Waals surface area contributed by atoms with E-state index in [9.17, 15) is 9.59 Å². The molecule has 0 spiro atoms. The van der Waals surface area contributed by atoms with Crippen LogP contribution in [-0.2, 0) is 11.2 Å². The molecule has 29 heavy (non-hydrogen) atoms. The second-order valence-electron chi connectivity index (χ2n) is 7.26. The van der Waals surface area contributed by atoms with Crippen LogP contribution in [0.1, 0.15) is 35.2 Å². The summed E-state index contributed by atoms with van der Waals surface area (Å²) in [4.78, 5) is 32.4. The van der Waals surface area contributed by atoms with Gasteiger partial charge in [-0.15, -0.1) is 0 Å². The quantitative estimate of drug-likeness (QED) is 0.574. The number of halogens is 1. The van der Waals surface area contributed by atoms with Gasteiger partial charge in [0.05, 0.1) is 24.1 Å². The van der Waals surface area contributed by atoms with Gasteiger partial charge in [-0.1, -0.05) is 17.7 Å². The number of ether oxygens (including phenoxy) is 1. The van der Waals surface area contributed by atoms with Crippen molar-refractivity contribution in [2.45, 2.75) is 25.7 Å². The van der Waals surface area contributed by atoms with E-state index in [2.05, 4.69) is 20.6 Å². The number of rotatable bonds is 9. The molecule has 0 bridgehead atoms. The number of aromatic nitrogens is 2. The first-order chi connectivity index (χ1) is 13.9. The van der Waals surface area contributed by atoms with E-state index in [1.54, 1.807) is 19.4 Å². The van der Waals surface area contributed by atoms with Crippen LogP contribution in [0.15, 0.2) is 30.6 Å².